The highest BCUT2D eigenvalue weighted by Crippen LogP contribution is 2.65. The monoisotopic (exact) mass is 537 g/mol. The van der Waals surface area contributed by atoms with Crippen molar-refractivity contribution in [1.82, 2.24) is 10.9 Å². The molecular formula is C20H16Cl5N3O4. The highest BCUT2D eigenvalue weighted by molar-refractivity contribution is 6.53. The Kier molecular flexibility index (Phi) is 7.68. The van der Waals surface area contributed by atoms with E-state index in [1.54, 1.807) is 25.1 Å². The number of alkyl halides is 2. The van der Waals surface area contributed by atoms with Crippen LogP contribution in [0.2, 0.25) is 15.1 Å². The molecule has 1 aliphatic carbocycles. The van der Waals surface area contributed by atoms with Gasteiger partial charge in [-0.3, -0.25) is 15.0 Å². The maximum Gasteiger partial charge on any atom is 0.426 e. The summed E-state index contributed by atoms with van der Waals surface area (Å²) in [7, 11) is 0. The predicted octanol–water partition coefficient (Wildman–Crippen LogP) is 5.56. The zero-order valence-electron chi connectivity index (χ0n) is 16.3. The lowest BCUT2D eigenvalue weighted by Crippen LogP contribution is -2.42. The molecule has 170 valence electrons. The van der Waals surface area contributed by atoms with Gasteiger partial charge in [-0.1, -0.05) is 34.8 Å². The summed E-state index contributed by atoms with van der Waals surface area (Å²) in [6.07, 6.45) is -0.831. The molecule has 0 saturated heterocycles. The Balaban J connectivity index is 1.72. The van der Waals surface area contributed by atoms with Gasteiger partial charge in [0.1, 0.15) is 4.33 Å². The lowest BCUT2D eigenvalue weighted by atomic mass is 10.1. The van der Waals surface area contributed by atoms with Gasteiger partial charge in [0.05, 0.1) is 23.1 Å². The van der Waals surface area contributed by atoms with E-state index in [1.807, 2.05) is 0 Å². The summed E-state index contributed by atoms with van der Waals surface area (Å²) in [5.74, 6) is -2.47. The minimum Gasteiger partial charge on any atom is -0.449 e. The van der Waals surface area contributed by atoms with Gasteiger partial charge in [0.15, 0.2) is 0 Å². The Labute approximate surface area is 208 Å². The quantitative estimate of drug-likeness (QED) is 0.342. The fraction of sp³-hybridized carbons (Fsp3) is 0.250. The van der Waals surface area contributed by atoms with E-state index in [4.69, 9.17) is 58.0 Å². The maximum atomic E-state index is 12.8. The molecule has 2 atom stereocenters. The van der Waals surface area contributed by atoms with Gasteiger partial charge in [-0.15, -0.1) is 23.2 Å². The number of carbonyl (C=O) groups is 3. The number of hydrogen-bond acceptors (Lipinski definition) is 4. The van der Waals surface area contributed by atoms with Crippen molar-refractivity contribution < 1.29 is 19.1 Å². The Morgan fingerprint density at radius 3 is 2.28 bits per heavy atom. The maximum absolute atomic E-state index is 12.8. The molecule has 3 amide bonds. The van der Waals surface area contributed by atoms with Gasteiger partial charge in [0, 0.05) is 21.7 Å². The first-order valence-electron chi connectivity index (χ1n) is 9.22. The van der Waals surface area contributed by atoms with Crippen LogP contribution in [-0.4, -0.2) is 28.8 Å². The summed E-state index contributed by atoms with van der Waals surface area (Å²) in [6, 6.07) is 9.13. The van der Waals surface area contributed by atoms with Crippen LogP contribution in [0.15, 0.2) is 36.4 Å². The SMILES string of the molecule is CCOC(=O)NNC(=O)c1cc(NC(=O)[C@H]2[C@H](c3cc(Cl)cc(Cl)c3)C2(Cl)Cl)ccc1Cl. The van der Waals surface area contributed by atoms with Crippen molar-refractivity contribution in [2.75, 3.05) is 11.9 Å². The first-order chi connectivity index (χ1) is 15.0. The van der Waals surface area contributed by atoms with Crippen LogP contribution >= 0.6 is 58.0 Å². The normalized spacial score (nSPS) is 18.4. The van der Waals surface area contributed by atoms with Gasteiger partial charge in [0.25, 0.3) is 5.91 Å². The average Bonchev–Trinajstić information content (AvgIpc) is 3.29. The largest absolute Gasteiger partial charge is 0.449 e. The minimum atomic E-state index is -1.35. The molecule has 0 heterocycles. The predicted molar refractivity (Wildman–Crippen MR) is 125 cm³/mol. The second-order valence-corrected chi connectivity index (χ2v) is 9.54. The third kappa shape index (κ3) is 5.53. The molecule has 2 aromatic carbocycles. The van der Waals surface area contributed by atoms with E-state index in [0.29, 0.717) is 15.6 Å². The molecule has 0 spiro atoms. The average molecular weight is 540 g/mol. The molecule has 7 nitrogen and oxygen atoms in total. The first kappa shape index (κ1) is 24.7. The summed E-state index contributed by atoms with van der Waals surface area (Å²) in [5, 5.41) is 3.57. The van der Waals surface area contributed by atoms with Crippen LogP contribution in [0, 0.1) is 5.92 Å². The van der Waals surface area contributed by atoms with Crippen molar-refractivity contribution in [3.05, 3.63) is 62.6 Å². The third-order valence-electron chi connectivity index (χ3n) is 4.61. The molecule has 1 saturated carbocycles. The van der Waals surface area contributed by atoms with Gasteiger partial charge in [0.2, 0.25) is 5.91 Å². The van der Waals surface area contributed by atoms with Crippen LogP contribution in [0.1, 0.15) is 28.8 Å². The second-order valence-electron chi connectivity index (χ2n) is 6.82. The van der Waals surface area contributed by atoms with E-state index < -0.39 is 34.1 Å². The number of nitrogens with one attached hydrogen (secondary N) is 3. The molecule has 2 aromatic rings. The van der Waals surface area contributed by atoms with Gasteiger partial charge in [-0.25, -0.2) is 10.2 Å². The second kappa shape index (κ2) is 9.93. The molecule has 0 radical (unpaired) electrons. The fourth-order valence-electron chi connectivity index (χ4n) is 3.16. The molecule has 3 N–H and O–H groups in total. The van der Waals surface area contributed by atoms with Gasteiger partial charge in [-0.2, -0.15) is 0 Å². The minimum absolute atomic E-state index is 0.0123. The molecule has 0 aromatic heterocycles. The van der Waals surface area contributed by atoms with E-state index in [9.17, 15) is 14.4 Å². The number of rotatable bonds is 5. The smallest absolute Gasteiger partial charge is 0.426 e. The molecule has 0 bridgehead atoms. The molecule has 1 fully saturated rings. The fourth-order valence-corrected chi connectivity index (χ4v) is 4.74. The van der Waals surface area contributed by atoms with Crippen LogP contribution in [0.25, 0.3) is 0 Å². The first-order valence-corrected chi connectivity index (χ1v) is 11.1. The van der Waals surface area contributed by atoms with Crippen molar-refractivity contribution in [1.29, 1.82) is 0 Å². The summed E-state index contributed by atoms with van der Waals surface area (Å²) < 4.78 is 3.30. The summed E-state index contributed by atoms with van der Waals surface area (Å²) in [4.78, 5) is 36.5. The molecule has 0 aliphatic heterocycles. The standard InChI is InChI=1S/C20H16Cl5N3O4/c1-2-32-19(31)28-27-17(29)13-8-12(3-4-14(13)23)26-18(30)16-15(20(16,24)25)9-5-10(21)7-11(22)6-9/h3-8,15-16H,2H2,1H3,(H,26,30)(H,27,29)(H,28,31)/t15-,16+/m0/s1. The van der Waals surface area contributed by atoms with Crippen molar-refractivity contribution in [2.45, 2.75) is 17.2 Å². The van der Waals surface area contributed by atoms with E-state index >= 15 is 0 Å². The van der Waals surface area contributed by atoms with E-state index in [1.165, 1.54) is 18.2 Å². The molecule has 32 heavy (non-hydrogen) atoms. The van der Waals surface area contributed by atoms with E-state index in [0.717, 1.165) is 0 Å². The lowest BCUT2D eigenvalue weighted by Gasteiger charge is -2.11. The van der Waals surface area contributed by atoms with Crippen LogP contribution in [0.3, 0.4) is 0 Å². The molecule has 3 rings (SSSR count). The number of hydrazine groups is 1. The summed E-state index contributed by atoms with van der Waals surface area (Å²) >= 11 is 30.9. The van der Waals surface area contributed by atoms with Crippen LogP contribution in [-0.2, 0) is 9.53 Å². The van der Waals surface area contributed by atoms with Gasteiger partial charge >= 0.3 is 6.09 Å². The highest BCUT2D eigenvalue weighted by Gasteiger charge is 2.67. The Morgan fingerprint density at radius 2 is 1.66 bits per heavy atom. The van der Waals surface area contributed by atoms with E-state index in [-0.39, 0.29) is 22.9 Å². The molecule has 0 unspecified atom stereocenters. The Hall–Kier alpha value is -1.90. The number of amides is 3. The molecule has 1 aliphatic rings. The summed E-state index contributed by atoms with van der Waals surface area (Å²) in [5.41, 5.74) is 5.17. The number of carbonyl (C=O) groups excluding carboxylic acids is 3. The molecule has 12 heteroatoms. The third-order valence-corrected chi connectivity index (χ3v) is 6.32. The van der Waals surface area contributed by atoms with Gasteiger partial charge in [-0.05, 0) is 48.9 Å². The van der Waals surface area contributed by atoms with Crippen molar-refractivity contribution in [2.24, 2.45) is 5.92 Å². The van der Waals surface area contributed by atoms with Gasteiger partial charge < -0.3 is 10.1 Å². The number of ether oxygens (including phenoxy) is 1. The summed E-state index contributed by atoms with van der Waals surface area (Å²) in [6.45, 7) is 1.75. The van der Waals surface area contributed by atoms with E-state index in [2.05, 4.69) is 20.9 Å². The number of benzene rings is 2. The van der Waals surface area contributed by atoms with Crippen molar-refractivity contribution >= 4 is 81.6 Å². The number of anilines is 1. The van der Waals surface area contributed by atoms with Crippen LogP contribution < -0.4 is 16.2 Å². The number of hydrogen-bond donors (Lipinski definition) is 3. The van der Waals surface area contributed by atoms with Crippen LogP contribution in [0.5, 0.6) is 0 Å². The van der Waals surface area contributed by atoms with Crippen molar-refractivity contribution in [3.8, 4) is 0 Å². The lowest BCUT2D eigenvalue weighted by molar-refractivity contribution is -0.117. The Bertz CT molecular complexity index is 1060. The topological polar surface area (TPSA) is 96.5 Å². The zero-order valence-corrected chi connectivity index (χ0v) is 20.1. The molecular weight excluding hydrogens is 524 g/mol. The Morgan fingerprint density at radius 1 is 1.00 bits per heavy atom. The van der Waals surface area contributed by atoms with Crippen LogP contribution in [0.4, 0.5) is 10.5 Å². The highest BCUT2D eigenvalue weighted by atomic mass is 35.5. The zero-order chi connectivity index (χ0) is 23.6. The van der Waals surface area contributed by atoms with Crippen molar-refractivity contribution in [3.63, 3.8) is 0 Å². The number of halogens is 5.